The summed E-state index contributed by atoms with van der Waals surface area (Å²) >= 11 is 0. The summed E-state index contributed by atoms with van der Waals surface area (Å²) < 4.78 is 0. The molecule has 1 saturated carbocycles. The van der Waals surface area contributed by atoms with Gasteiger partial charge >= 0.3 is 0 Å². The van der Waals surface area contributed by atoms with E-state index in [2.05, 4.69) is 30.4 Å². The molecule has 1 fully saturated rings. The summed E-state index contributed by atoms with van der Waals surface area (Å²) in [7, 11) is 0. The smallest absolute Gasteiger partial charge is 0.251 e. The number of hydrogen-bond acceptors (Lipinski definition) is 3. The Morgan fingerprint density at radius 1 is 0.872 bits per heavy atom. The molecular weight excluding hydrogens is 482 g/mol. The normalized spacial score (nSPS) is 16.4. The highest BCUT2D eigenvalue weighted by atomic mass is 16.2. The fourth-order valence-electron chi connectivity index (χ4n) is 5.88. The summed E-state index contributed by atoms with van der Waals surface area (Å²) in [6, 6.07) is 14.4. The summed E-state index contributed by atoms with van der Waals surface area (Å²) in [5.74, 6) is 0.0883. The van der Waals surface area contributed by atoms with Crippen LogP contribution < -0.4 is 16.0 Å². The van der Waals surface area contributed by atoms with Gasteiger partial charge in [0.05, 0.1) is 0 Å². The molecule has 2 aromatic rings. The SMILES string of the molecule is CC(=O)N1c2ccc(-c3ccc(C(=O)NCCCCCCCCCCC(N)=C4CCC4)cc3)cc2CC[C@@H]1C. The van der Waals surface area contributed by atoms with Crippen molar-refractivity contribution in [3.63, 3.8) is 0 Å². The Morgan fingerprint density at radius 3 is 2.15 bits per heavy atom. The van der Waals surface area contributed by atoms with Crippen molar-refractivity contribution >= 4 is 17.5 Å². The van der Waals surface area contributed by atoms with Crippen LogP contribution in [-0.4, -0.2) is 24.4 Å². The van der Waals surface area contributed by atoms with Gasteiger partial charge in [-0.3, -0.25) is 9.59 Å². The molecule has 0 aromatic heterocycles. The predicted octanol–water partition coefficient (Wildman–Crippen LogP) is 7.68. The molecule has 0 saturated heterocycles. The van der Waals surface area contributed by atoms with Gasteiger partial charge < -0.3 is 16.0 Å². The summed E-state index contributed by atoms with van der Waals surface area (Å²) in [5.41, 5.74) is 14.0. The number of amides is 2. The molecule has 3 N–H and O–H groups in total. The number of allylic oxidation sites excluding steroid dienone is 2. The maximum absolute atomic E-state index is 12.6. The summed E-state index contributed by atoms with van der Waals surface area (Å²) in [4.78, 5) is 26.6. The van der Waals surface area contributed by atoms with E-state index in [0.29, 0.717) is 5.56 Å². The second-order valence-electron chi connectivity index (χ2n) is 11.5. The van der Waals surface area contributed by atoms with Crippen molar-refractivity contribution in [3.8, 4) is 11.1 Å². The van der Waals surface area contributed by atoms with Gasteiger partial charge in [0, 0.05) is 36.5 Å². The van der Waals surface area contributed by atoms with Crippen LogP contribution in [0.1, 0.15) is 113 Å². The van der Waals surface area contributed by atoms with E-state index in [1.54, 1.807) is 6.92 Å². The van der Waals surface area contributed by atoms with Crippen LogP contribution in [0.15, 0.2) is 53.7 Å². The first kappa shape index (κ1) is 28.9. The first-order chi connectivity index (χ1) is 18.9. The van der Waals surface area contributed by atoms with Crippen LogP contribution in [0.25, 0.3) is 11.1 Å². The topological polar surface area (TPSA) is 75.4 Å². The molecule has 2 aliphatic rings. The highest BCUT2D eigenvalue weighted by Gasteiger charge is 2.26. The number of anilines is 1. The fourth-order valence-corrected chi connectivity index (χ4v) is 5.88. The third-order valence-corrected chi connectivity index (χ3v) is 8.50. The molecule has 5 heteroatoms. The van der Waals surface area contributed by atoms with Gasteiger partial charge in [0.15, 0.2) is 0 Å². The van der Waals surface area contributed by atoms with Crippen molar-refractivity contribution in [1.29, 1.82) is 0 Å². The van der Waals surface area contributed by atoms with Gasteiger partial charge in [-0.05, 0) is 99.2 Å². The number of benzene rings is 2. The largest absolute Gasteiger partial charge is 0.402 e. The van der Waals surface area contributed by atoms with Gasteiger partial charge in [-0.2, -0.15) is 0 Å². The van der Waals surface area contributed by atoms with Crippen molar-refractivity contribution in [3.05, 3.63) is 64.9 Å². The number of unbranched alkanes of at least 4 members (excludes halogenated alkanes) is 7. The van der Waals surface area contributed by atoms with E-state index >= 15 is 0 Å². The van der Waals surface area contributed by atoms with Gasteiger partial charge in [-0.1, -0.05) is 62.3 Å². The number of aryl methyl sites for hydroxylation is 1. The van der Waals surface area contributed by atoms with Crippen molar-refractivity contribution in [1.82, 2.24) is 5.32 Å². The van der Waals surface area contributed by atoms with Gasteiger partial charge in [0.25, 0.3) is 5.91 Å². The highest BCUT2D eigenvalue weighted by Crippen LogP contribution is 2.34. The molecule has 0 unspecified atom stereocenters. The fraction of sp³-hybridized carbons (Fsp3) is 0.529. The van der Waals surface area contributed by atoms with Crippen LogP contribution in [0.3, 0.4) is 0 Å². The van der Waals surface area contributed by atoms with Crippen molar-refractivity contribution in [2.45, 2.75) is 110 Å². The van der Waals surface area contributed by atoms with Crippen LogP contribution >= 0.6 is 0 Å². The van der Waals surface area contributed by atoms with E-state index in [1.807, 2.05) is 29.2 Å². The summed E-state index contributed by atoms with van der Waals surface area (Å²) in [6.45, 7) is 4.47. The number of hydrogen-bond donors (Lipinski definition) is 2. The molecule has 0 spiro atoms. The van der Waals surface area contributed by atoms with Crippen LogP contribution in [0.5, 0.6) is 0 Å². The molecular formula is C34H47N3O2. The van der Waals surface area contributed by atoms with E-state index in [4.69, 9.17) is 5.73 Å². The standard InChI is InChI=1S/C34H47N3O2/c1-25-15-16-31-24-30(21-22-33(31)37(25)26(2)38)27-17-19-29(20-18-27)34(39)36-23-10-8-6-4-3-5-7-9-14-32(35)28-12-11-13-28/h17-22,24-25H,3-16,23,35H2,1-2H3,(H,36,39)/t25-/m0/s1. The minimum Gasteiger partial charge on any atom is -0.402 e. The number of fused-ring (bicyclic) bond motifs is 1. The van der Waals surface area contributed by atoms with Crippen molar-refractivity contribution in [2.75, 3.05) is 11.4 Å². The molecule has 1 heterocycles. The van der Waals surface area contributed by atoms with E-state index in [-0.39, 0.29) is 17.9 Å². The minimum absolute atomic E-state index is 0.00535. The van der Waals surface area contributed by atoms with Crippen molar-refractivity contribution in [2.24, 2.45) is 5.73 Å². The van der Waals surface area contributed by atoms with E-state index < -0.39 is 0 Å². The lowest BCUT2D eigenvalue weighted by molar-refractivity contribution is -0.117. The summed E-state index contributed by atoms with van der Waals surface area (Å²) in [6.07, 6.45) is 16.7. The monoisotopic (exact) mass is 529 g/mol. The van der Waals surface area contributed by atoms with Crippen LogP contribution in [0.2, 0.25) is 0 Å². The molecule has 2 aromatic carbocycles. The highest BCUT2D eigenvalue weighted by molar-refractivity contribution is 5.95. The van der Waals surface area contributed by atoms with Gasteiger partial charge in [-0.25, -0.2) is 0 Å². The number of nitrogens with one attached hydrogen (secondary N) is 1. The van der Waals surface area contributed by atoms with Gasteiger partial charge in [0.1, 0.15) is 0 Å². The van der Waals surface area contributed by atoms with E-state index in [1.165, 1.54) is 74.6 Å². The molecule has 2 amide bonds. The molecule has 0 bridgehead atoms. The Balaban J connectivity index is 1.11. The second-order valence-corrected chi connectivity index (χ2v) is 11.5. The molecule has 210 valence electrons. The first-order valence-electron chi connectivity index (χ1n) is 15.2. The molecule has 0 radical (unpaired) electrons. The van der Waals surface area contributed by atoms with Crippen LogP contribution in [0.4, 0.5) is 5.69 Å². The third-order valence-electron chi connectivity index (χ3n) is 8.50. The van der Waals surface area contributed by atoms with Crippen molar-refractivity contribution < 1.29 is 9.59 Å². The Bertz CT molecular complexity index is 1150. The predicted molar refractivity (Wildman–Crippen MR) is 162 cm³/mol. The molecule has 1 aliphatic carbocycles. The lowest BCUT2D eigenvalue weighted by atomic mass is 9.89. The lowest BCUT2D eigenvalue weighted by Gasteiger charge is -2.34. The molecule has 39 heavy (non-hydrogen) atoms. The quantitative estimate of drug-likeness (QED) is 0.261. The van der Waals surface area contributed by atoms with Gasteiger partial charge in [0.2, 0.25) is 5.91 Å². The molecule has 5 nitrogen and oxygen atoms in total. The molecule has 1 aliphatic heterocycles. The Hall–Kier alpha value is -3.08. The maximum atomic E-state index is 12.6. The third kappa shape index (κ3) is 7.97. The molecule has 4 rings (SSSR count). The minimum atomic E-state index is -0.00535. The van der Waals surface area contributed by atoms with E-state index in [9.17, 15) is 9.59 Å². The second kappa shape index (κ2) is 14.3. The number of carbonyl (C=O) groups is 2. The number of nitrogens with zero attached hydrogens (tertiary/aromatic N) is 1. The zero-order valence-electron chi connectivity index (χ0n) is 24.1. The zero-order chi connectivity index (χ0) is 27.6. The Kier molecular flexibility index (Phi) is 10.6. The van der Waals surface area contributed by atoms with Gasteiger partial charge in [-0.15, -0.1) is 0 Å². The Labute approximate surface area is 235 Å². The number of carbonyl (C=O) groups excluding carboxylic acids is 2. The van der Waals surface area contributed by atoms with Crippen LogP contribution in [0, 0.1) is 0 Å². The number of rotatable bonds is 13. The first-order valence-corrected chi connectivity index (χ1v) is 15.2. The Morgan fingerprint density at radius 2 is 1.51 bits per heavy atom. The lowest BCUT2D eigenvalue weighted by Crippen LogP contribution is -2.40. The summed E-state index contributed by atoms with van der Waals surface area (Å²) in [5, 5.41) is 3.07. The molecule has 1 atom stereocenters. The maximum Gasteiger partial charge on any atom is 0.251 e. The van der Waals surface area contributed by atoms with E-state index in [0.717, 1.165) is 55.5 Å². The van der Waals surface area contributed by atoms with Crippen LogP contribution in [-0.2, 0) is 11.2 Å². The average Bonchev–Trinajstić information content (AvgIpc) is 2.90. The zero-order valence-corrected chi connectivity index (χ0v) is 24.1. The average molecular weight is 530 g/mol. The number of nitrogens with two attached hydrogens (primary N) is 1.